The van der Waals surface area contributed by atoms with Gasteiger partial charge in [0.2, 0.25) is 5.69 Å². The molecule has 8 nitrogen and oxygen atoms in total. The molecule has 0 spiro atoms. The minimum atomic E-state index is -0.728. The fourth-order valence-electron chi connectivity index (χ4n) is 7.17. The molecule has 4 aromatic carbocycles. The van der Waals surface area contributed by atoms with Crippen molar-refractivity contribution in [1.29, 1.82) is 5.26 Å². The molecule has 2 heterocycles. The lowest BCUT2D eigenvalue weighted by atomic mass is 9.81. The van der Waals surface area contributed by atoms with Crippen LogP contribution in [0.15, 0.2) is 48.5 Å². The first kappa shape index (κ1) is 32.3. The van der Waals surface area contributed by atoms with Crippen molar-refractivity contribution in [2.45, 2.75) is 79.1 Å². The standard InChI is InChI=1S/C40H36N4O4/c1-19(2)24-12-10-13-25(20(3)4)35(24)43-37(45)28-16-23(18-41)31-34-32(28)29(38(43)46)17-30(42-9)33(34)40(48)44(39(31)47)36-26(21(5)6)14-11-15-27(36)22(7)8/h10-17,19-22H,1-8H3. The molecule has 0 saturated carbocycles. The van der Waals surface area contributed by atoms with Crippen LogP contribution in [0, 0.1) is 17.9 Å². The van der Waals surface area contributed by atoms with Gasteiger partial charge in [-0.2, -0.15) is 5.26 Å². The van der Waals surface area contributed by atoms with Crippen LogP contribution in [0.3, 0.4) is 0 Å². The lowest BCUT2D eigenvalue weighted by Gasteiger charge is -2.36. The van der Waals surface area contributed by atoms with Crippen LogP contribution in [-0.4, -0.2) is 23.6 Å². The summed E-state index contributed by atoms with van der Waals surface area (Å²) in [6, 6.07) is 16.1. The van der Waals surface area contributed by atoms with E-state index in [-0.39, 0.29) is 67.9 Å². The molecule has 0 saturated heterocycles. The number of carbonyl (C=O) groups excluding carboxylic acids is 4. The number of para-hydroxylation sites is 2. The predicted molar refractivity (Wildman–Crippen MR) is 186 cm³/mol. The molecule has 0 fully saturated rings. The van der Waals surface area contributed by atoms with Gasteiger partial charge in [0.1, 0.15) is 6.07 Å². The molecule has 4 amide bonds. The first-order valence-electron chi connectivity index (χ1n) is 16.2. The molecular weight excluding hydrogens is 600 g/mol. The summed E-state index contributed by atoms with van der Waals surface area (Å²) in [7, 11) is 0. The molecule has 8 heteroatoms. The zero-order valence-corrected chi connectivity index (χ0v) is 28.4. The molecule has 48 heavy (non-hydrogen) atoms. The van der Waals surface area contributed by atoms with Crippen LogP contribution in [0.4, 0.5) is 17.1 Å². The van der Waals surface area contributed by atoms with Crippen LogP contribution in [0.25, 0.3) is 15.6 Å². The molecule has 0 aliphatic carbocycles. The Bertz CT molecular complexity index is 2070. The zero-order valence-electron chi connectivity index (χ0n) is 28.4. The number of imide groups is 2. The van der Waals surface area contributed by atoms with Gasteiger partial charge < -0.3 is 0 Å². The Balaban J connectivity index is 1.71. The van der Waals surface area contributed by atoms with Crippen molar-refractivity contribution in [2.75, 3.05) is 9.80 Å². The molecule has 0 unspecified atom stereocenters. The van der Waals surface area contributed by atoms with E-state index in [1.165, 1.54) is 12.1 Å². The molecule has 0 atom stereocenters. The number of rotatable bonds is 6. The molecule has 0 N–H and O–H groups in total. The average molecular weight is 637 g/mol. The number of hydrogen-bond acceptors (Lipinski definition) is 5. The van der Waals surface area contributed by atoms with Gasteiger partial charge in [0.25, 0.3) is 23.6 Å². The Kier molecular flexibility index (Phi) is 7.80. The number of anilines is 2. The van der Waals surface area contributed by atoms with Gasteiger partial charge in [-0.05, 0) is 63.4 Å². The molecule has 2 aliphatic rings. The quantitative estimate of drug-likeness (QED) is 0.155. The van der Waals surface area contributed by atoms with Crippen molar-refractivity contribution in [1.82, 2.24) is 0 Å². The molecule has 240 valence electrons. The van der Waals surface area contributed by atoms with E-state index in [0.29, 0.717) is 11.4 Å². The molecule has 6 rings (SSSR count). The van der Waals surface area contributed by atoms with Crippen molar-refractivity contribution in [3.63, 3.8) is 0 Å². The highest BCUT2D eigenvalue weighted by Gasteiger charge is 2.45. The maximum Gasteiger partial charge on any atom is 0.267 e. The predicted octanol–water partition coefficient (Wildman–Crippen LogP) is 9.36. The maximum atomic E-state index is 14.7. The largest absolute Gasteiger partial charge is 0.270 e. The fraction of sp³-hybridized carbons (Fsp3) is 0.300. The maximum absolute atomic E-state index is 14.7. The summed E-state index contributed by atoms with van der Waals surface area (Å²) >= 11 is 0. The number of nitrogens with zero attached hydrogens (tertiary/aromatic N) is 4. The van der Waals surface area contributed by atoms with Gasteiger partial charge in [-0.25, -0.2) is 14.6 Å². The Morgan fingerprint density at radius 1 is 0.604 bits per heavy atom. The highest BCUT2D eigenvalue weighted by molar-refractivity contribution is 6.44. The van der Waals surface area contributed by atoms with E-state index in [1.807, 2.05) is 91.8 Å². The van der Waals surface area contributed by atoms with Crippen molar-refractivity contribution < 1.29 is 19.2 Å². The molecule has 0 aromatic heterocycles. The van der Waals surface area contributed by atoms with Crippen LogP contribution in [-0.2, 0) is 0 Å². The molecule has 0 bridgehead atoms. The van der Waals surface area contributed by atoms with E-state index in [9.17, 15) is 24.4 Å². The minimum absolute atomic E-state index is 0.00880. The van der Waals surface area contributed by atoms with Gasteiger partial charge in [-0.1, -0.05) is 91.8 Å². The monoisotopic (exact) mass is 636 g/mol. The smallest absolute Gasteiger partial charge is 0.267 e. The minimum Gasteiger partial charge on any atom is -0.270 e. The first-order valence-corrected chi connectivity index (χ1v) is 16.2. The van der Waals surface area contributed by atoms with E-state index >= 15 is 0 Å². The van der Waals surface area contributed by atoms with E-state index in [1.54, 1.807) is 0 Å². The van der Waals surface area contributed by atoms with Gasteiger partial charge in [-0.3, -0.25) is 19.2 Å². The number of benzene rings is 4. The second-order valence-electron chi connectivity index (χ2n) is 13.7. The Labute approximate surface area is 280 Å². The van der Waals surface area contributed by atoms with Gasteiger partial charge >= 0.3 is 0 Å². The molecular formula is C40H36N4O4. The van der Waals surface area contributed by atoms with E-state index in [0.717, 1.165) is 32.1 Å². The average Bonchev–Trinajstić information content (AvgIpc) is 3.05. The normalized spacial score (nSPS) is 14.2. The van der Waals surface area contributed by atoms with Crippen molar-refractivity contribution in [3.05, 3.63) is 110 Å². The number of nitriles is 1. The third-order valence-electron chi connectivity index (χ3n) is 9.46. The molecule has 2 aliphatic heterocycles. The SMILES string of the molecule is [C-]#[N+]c1cc2c3c(cc(C#N)c4c3c1C(=O)N(c1c(C(C)C)cccc1C(C)C)C4=O)C(=O)N(c1c(C(C)C)cccc1C(C)C)C2=O. The van der Waals surface area contributed by atoms with Crippen LogP contribution in [0.2, 0.25) is 0 Å². The third-order valence-corrected chi connectivity index (χ3v) is 9.46. The highest BCUT2D eigenvalue weighted by atomic mass is 16.2. The summed E-state index contributed by atoms with van der Waals surface area (Å²) in [6.07, 6.45) is 0. The van der Waals surface area contributed by atoms with Gasteiger partial charge in [0.15, 0.2) is 0 Å². The van der Waals surface area contributed by atoms with Crippen LogP contribution < -0.4 is 9.80 Å². The summed E-state index contributed by atoms with van der Waals surface area (Å²) in [5, 5.41) is 10.6. The van der Waals surface area contributed by atoms with Crippen molar-refractivity contribution >= 4 is 51.5 Å². The number of amides is 4. The van der Waals surface area contributed by atoms with E-state index < -0.39 is 23.6 Å². The lowest BCUT2D eigenvalue weighted by Crippen LogP contribution is -2.45. The third kappa shape index (κ3) is 4.47. The van der Waals surface area contributed by atoms with Crippen LogP contribution in [0.5, 0.6) is 0 Å². The number of hydrogen-bond donors (Lipinski definition) is 0. The van der Waals surface area contributed by atoms with E-state index in [2.05, 4.69) is 10.9 Å². The van der Waals surface area contributed by atoms with Crippen LogP contribution in [0.1, 0.15) is 148 Å². The van der Waals surface area contributed by atoms with Crippen molar-refractivity contribution in [2.24, 2.45) is 0 Å². The lowest BCUT2D eigenvalue weighted by molar-refractivity contribution is 0.0872. The summed E-state index contributed by atoms with van der Waals surface area (Å²) in [4.78, 5) is 64.4. The topological polar surface area (TPSA) is 103 Å². The highest BCUT2D eigenvalue weighted by Crippen LogP contribution is 2.48. The van der Waals surface area contributed by atoms with Gasteiger partial charge in [0, 0.05) is 10.9 Å². The van der Waals surface area contributed by atoms with Gasteiger partial charge in [0.05, 0.1) is 40.2 Å². The summed E-state index contributed by atoms with van der Waals surface area (Å²) in [6.45, 7) is 24.0. The zero-order chi connectivity index (χ0) is 34.9. The Morgan fingerprint density at radius 2 is 1.00 bits per heavy atom. The van der Waals surface area contributed by atoms with Crippen LogP contribution >= 0.6 is 0 Å². The number of carbonyl (C=O) groups is 4. The second kappa shape index (κ2) is 11.6. The van der Waals surface area contributed by atoms with Gasteiger partial charge in [-0.15, -0.1) is 0 Å². The Hall–Kier alpha value is -5.60. The van der Waals surface area contributed by atoms with Crippen molar-refractivity contribution in [3.8, 4) is 6.07 Å². The molecule has 0 radical (unpaired) electrons. The Morgan fingerprint density at radius 3 is 1.40 bits per heavy atom. The second-order valence-corrected chi connectivity index (χ2v) is 13.7. The first-order chi connectivity index (χ1) is 22.8. The fourth-order valence-corrected chi connectivity index (χ4v) is 7.17. The summed E-state index contributed by atoms with van der Waals surface area (Å²) < 4.78 is 0. The van der Waals surface area contributed by atoms with E-state index in [4.69, 9.17) is 6.57 Å². The summed E-state index contributed by atoms with van der Waals surface area (Å²) in [5.41, 5.74) is 3.70. The summed E-state index contributed by atoms with van der Waals surface area (Å²) in [5.74, 6) is -2.94. The molecule has 4 aromatic rings.